The summed E-state index contributed by atoms with van der Waals surface area (Å²) < 4.78 is 10.7. The predicted octanol–water partition coefficient (Wildman–Crippen LogP) is 4.54. The molecule has 0 bridgehead atoms. The standard InChI is InChI=1S/C22H17O4/c1-15-7-11-17(12-8-15)21(23)25-19-5-3-4-6-20(19)26-22(24)18-13-9-16(2)10-14-18/h3-5,7-14H,1-2H3. The van der Waals surface area contributed by atoms with Gasteiger partial charge < -0.3 is 9.47 Å². The summed E-state index contributed by atoms with van der Waals surface area (Å²) >= 11 is 0. The molecule has 0 amide bonds. The van der Waals surface area contributed by atoms with E-state index >= 15 is 0 Å². The van der Waals surface area contributed by atoms with Crippen molar-refractivity contribution in [3.63, 3.8) is 0 Å². The van der Waals surface area contributed by atoms with Crippen molar-refractivity contribution in [3.8, 4) is 11.5 Å². The minimum atomic E-state index is -0.542. The summed E-state index contributed by atoms with van der Waals surface area (Å²) in [5.41, 5.74) is 2.90. The summed E-state index contributed by atoms with van der Waals surface area (Å²) in [4.78, 5) is 24.6. The van der Waals surface area contributed by atoms with Crippen molar-refractivity contribution >= 4 is 11.9 Å². The second-order valence-corrected chi connectivity index (χ2v) is 5.87. The topological polar surface area (TPSA) is 52.6 Å². The van der Waals surface area contributed by atoms with Crippen LogP contribution in [0.5, 0.6) is 11.5 Å². The molecular formula is C22H17O4. The Bertz CT molecular complexity index is 847. The number of carbonyl (C=O) groups is 2. The van der Waals surface area contributed by atoms with Gasteiger partial charge in [-0.05, 0) is 44.2 Å². The van der Waals surface area contributed by atoms with Crippen molar-refractivity contribution in [2.24, 2.45) is 0 Å². The molecular weight excluding hydrogens is 328 g/mol. The van der Waals surface area contributed by atoms with E-state index in [9.17, 15) is 9.59 Å². The molecule has 0 saturated heterocycles. The quantitative estimate of drug-likeness (QED) is 0.514. The van der Waals surface area contributed by atoms with Crippen LogP contribution in [-0.4, -0.2) is 11.9 Å². The molecule has 0 aliphatic heterocycles. The second kappa shape index (κ2) is 7.66. The minimum absolute atomic E-state index is 0.0681. The second-order valence-electron chi connectivity index (χ2n) is 5.87. The molecule has 4 heteroatoms. The van der Waals surface area contributed by atoms with E-state index in [1.165, 1.54) is 0 Å². The number of hydrogen-bond donors (Lipinski definition) is 0. The molecule has 0 spiro atoms. The fourth-order valence-electron chi connectivity index (χ4n) is 2.26. The number of benzene rings is 3. The predicted molar refractivity (Wildman–Crippen MR) is 97.6 cm³/mol. The van der Waals surface area contributed by atoms with Crippen molar-refractivity contribution in [1.29, 1.82) is 0 Å². The van der Waals surface area contributed by atoms with Gasteiger partial charge in [-0.3, -0.25) is 0 Å². The van der Waals surface area contributed by atoms with Gasteiger partial charge in [0.15, 0.2) is 11.5 Å². The van der Waals surface area contributed by atoms with Crippen molar-refractivity contribution in [2.75, 3.05) is 0 Å². The zero-order valence-electron chi connectivity index (χ0n) is 14.5. The fraction of sp³-hybridized carbons (Fsp3) is 0.0909. The van der Waals surface area contributed by atoms with Crippen LogP contribution in [0.4, 0.5) is 0 Å². The molecule has 0 aliphatic carbocycles. The van der Waals surface area contributed by atoms with Crippen molar-refractivity contribution in [2.45, 2.75) is 13.8 Å². The van der Waals surface area contributed by atoms with Gasteiger partial charge in [-0.25, -0.2) is 9.59 Å². The average Bonchev–Trinajstić information content (AvgIpc) is 2.64. The Hall–Kier alpha value is -3.40. The van der Waals surface area contributed by atoms with Crippen molar-refractivity contribution < 1.29 is 19.1 Å². The summed E-state index contributed by atoms with van der Waals surface area (Å²) in [5.74, 6) is -0.866. The Morgan fingerprint density at radius 2 is 1.23 bits per heavy atom. The molecule has 0 heterocycles. The van der Waals surface area contributed by atoms with E-state index in [4.69, 9.17) is 9.47 Å². The normalized spacial score (nSPS) is 10.2. The smallest absolute Gasteiger partial charge is 0.343 e. The summed E-state index contributed by atoms with van der Waals surface area (Å²) in [5, 5.41) is 0. The van der Waals surface area contributed by atoms with Crippen LogP contribution in [0.25, 0.3) is 0 Å². The zero-order chi connectivity index (χ0) is 18.5. The molecule has 0 atom stereocenters. The van der Waals surface area contributed by atoms with Crippen LogP contribution in [0.1, 0.15) is 31.8 Å². The molecule has 26 heavy (non-hydrogen) atoms. The number of aryl methyl sites for hydroxylation is 2. The largest absolute Gasteiger partial charge is 0.419 e. The van der Waals surface area contributed by atoms with Gasteiger partial charge in [-0.15, -0.1) is 0 Å². The maximum absolute atomic E-state index is 12.3. The third-order valence-electron chi connectivity index (χ3n) is 3.75. The highest BCUT2D eigenvalue weighted by Crippen LogP contribution is 2.27. The van der Waals surface area contributed by atoms with Gasteiger partial charge in [0.1, 0.15) is 0 Å². The van der Waals surface area contributed by atoms with Crippen molar-refractivity contribution in [1.82, 2.24) is 0 Å². The maximum atomic E-state index is 12.3. The van der Waals surface area contributed by atoms with E-state index < -0.39 is 11.9 Å². The lowest BCUT2D eigenvalue weighted by Gasteiger charge is -2.10. The number of esters is 2. The molecule has 0 aliphatic rings. The van der Waals surface area contributed by atoms with E-state index in [2.05, 4.69) is 6.07 Å². The first-order valence-electron chi connectivity index (χ1n) is 8.11. The van der Waals surface area contributed by atoms with E-state index in [1.54, 1.807) is 42.5 Å². The molecule has 3 aromatic rings. The molecule has 4 nitrogen and oxygen atoms in total. The lowest BCUT2D eigenvalue weighted by Crippen LogP contribution is -2.12. The van der Waals surface area contributed by atoms with E-state index in [0.29, 0.717) is 11.1 Å². The fourth-order valence-corrected chi connectivity index (χ4v) is 2.26. The Labute approximate surface area is 152 Å². The van der Waals surface area contributed by atoms with Gasteiger partial charge in [0.2, 0.25) is 0 Å². The molecule has 0 saturated carbocycles. The molecule has 129 valence electrons. The summed E-state index contributed by atoms with van der Waals surface area (Å²) in [6.07, 6.45) is 0. The third kappa shape index (κ3) is 4.16. The molecule has 0 N–H and O–H groups in total. The lowest BCUT2D eigenvalue weighted by atomic mass is 10.1. The first kappa shape index (κ1) is 17.4. The van der Waals surface area contributed by atoms with E-state index in [0.717, 1.165) is 11.1 Å². The highest BCUT2D eigenvalue weighted by molar-refractivity contribution is 5.93. The van der Waals surface area contributed by atoms with Gasteiger partial charge >= 0.3 is 11.9 Å². The first-order valence-corrected chi connectivity index (χ1v) is 8.11. The zero-order valence-corrected chi connectivity index (χ0v) is 14.5. The minimum Gasteiger partial charge on any atom is -0.419 e. The maximum Gasteiger partial charge on any atom is 0.343 e. The Morgan fingerprint density at radius 3 is 1.77 bits per heavy atom. The molecule has 0 fully saturated rings. The van der Waals surface area contributed by atoms with Gasteiger partial charge in [-0.1, -0.05) is 47.5 Å². The van der Waals surface area contributed by atoms with Crippen LogP contribution >= 0.6 is 0 Å². The number of hydrogen-bond acceptors (Lipinski definition) is 4. The van der Waals surface area contributed by atoms with Crippen LogP contribution in [0.2, 0.25) is 0 Å². The molecule has 0 aromatic heterocycles. The van der Waals surface area contributed by atoms with Crippen LogP contribution in [0.15, 0.2) is 66.7 Å². The summed E-state index contributed by atoms with van der Waals surface area (Å²) in [7, 11) is 0. The van der Waals surface area contributed by atoms with Gasteiger partial charge in [0.05, 0.1) is 11.1 Å². The van der Waals surface area contributed by atoms with E-state index in [1.807, 2.05) is 38.1 Å². The Morgan fingerprint density at radius 1 is 0.731 bits per heavy atom. The van der Waals surface area contributed by atoms with Crippen LogP contribution in [-0.2, 0) is 0 Å². The third-order valence-corrected chi connectivity index (χ3v) is 3.75. The van der Waals surface area contributed by atoms with Crippen molar-refractivity contribution in [3.05, 3.63) is 95.1 Å². The number of carbonyl (C=O) groups excluding carboxylic acids is 2. The highest BCUT2D eigenvalue weighted by Gasteiger charge is 2.16. The number of rotatable bonds is 4. The molecule has 3 rings (SSSR count). The summed E-state index contributed by atoms with van der Waals surface area (Å²) in [6.45, 7) is 3.87. The van der Waals surface area contributed by atoms with Crippen LogP contribution < -0.4 is 9.47 Å². The summed E-state index contributed by atoms with van der Waals surface area (Å²) in [6, 6.07) is 21.6. The number of para-hydroxylation sites is 1. The lowest BCUT2D eigenvalue weighted by molar-refractivity contribution is 0.0682. The average molecular weight is 345 g/mol. The Balaban J connectivity index is 1.77. The first-order chi connectivity index (χ1) is 12.5. The van der Waals surface area contributed by atoms with Gasteiger partial charge in [0, 0.05) is 6.07 Å². The van der Waals surface area contributed by atoms with Gasteiger partial charge in [0.25, 0.3) is 0 Å². The van der Waals surface area contributed by atoms with Crippen LogP contribution in [0, 0.1) is 19.9 Å². The molecule has 3 aromatic carbocycles. The number of ether oxygens (including phenoxy) is 2. The monoisotopic (exact) mass is 345 g/mol. The Kier molecular flexibility index (Phi) is 5.13. The molecule has 0 unspecified atom stereocenters. The van der Waals surface area contributed by atoms with Gasteiger partial charge in [-0.2, -0.15) is 0 Å². The SMILES string of the molecule is Cc1ccc(C(=O)Oc2[c]cccc2OC(=O)c2ccc(C)cc2)cc1. The van der Waals surface area contributed by atoms with Crippen LogP contribution in [0.3, 0.4) is 0 Å². The highest BCUT2D eigenvalue weighted by atomic mass is 16.6. The van der Waals surface area contributed by atoms with E-state index in [-0.39, 0.29) is 11.5 Å². The molecule has 1 radical (unpaired) electrons.